The van der Waals surface area contributed by atoms with Crippen LogP contribution in [0, 0.1) is 17.6 Å². The smallest absolute Gasteiger partial charge is 0.374 e. The molecule has 0 aliphatic carbocycles. The van der Waals surface area contributed by atoms with E-state index in [-0.39, 0.29) is 23.7 Å². The van der Waals surface area contributed by atoms with Crippen molar-refractivity contribution in [1.29, 1.82) is 0 Å². The predicted molar refractivity (Wildman–Crippen MR) is 98.8 cm³/mol. The zero-order chi connectivity index (χ0) is 21.0. The van der Waals surface area contributed by atoms with Gasteiger partial charge in [-0.05, 0) is 49.9 Å². The molecule has 29 heavy (non-hydrogen) atoms. The van der Waals surface area contributed by atoms with Crippen LogP contribution in [0.25, 0.3) is 0 Å². The van der Waals surface area contributed by atoms with Crippen LogP contribution >= 0.6 is 0 Å². The number of cyclic esters (lactones) is 1. The van der Waals surface area contributed by atoms with E-state index in [0.717, 1.165) is 6.07 Å². The number of hydrogen-bond acceptors (Lipinski definition) is 6. The summed E-state index contributed by atoms with van der Waals surface area (Å²) >= 11 is 0. The van der Waals surface area contributed by atoms with Gasteiger partial charge in [0.25, 0.3) is 0 Å². The molecule has 0 amide bonds. The van der Waals surface area contributed by atoms with Gasteiger partial charge in [-0.3, -0.25) is 4.79 Å². The van der Waals surface area contributed by atoms with Crippen molar-refractivity contribution in [3.63, 3.8) is 0 Å². The van der Waals surface area contributed by atoms with Gasteiger partial charge in [-0.25, -0.2) is 13.6 Å². The highest BCUT2D eigenvalue weighted by Gasteiger charge is 2.36. The number of rotatable bonds is 4. The van der Waals surface area contributed by atoms with E-state index in [1.165, 1.54) is 24.5 Å². The molecule has 1 aliphatic heterocycles. The zero-order valence-corrected chi connectivity index (χ0v) is 16.0. The second kappa shape index (κ2) is 9.17. The summed E-state index contributed by atoms with van der Waals surface area (Å²) in [5, 5.41) is 0. The molecule has 0 saturated carbocycles. The fourth-order valence-corrected chi connectivity index (χ4v) is 3.56. The topological polar surface area (TPSA) is 91.8 Å². The average Bonchev–Trinajstić information content (AvgIpc) is 3.21. The Morgan fingerprint density at radius 3 is 2.76 bits per heavy atom. The molecule has 0 bridgehead atoms. The van der Waals surface area contributed by atoms with Crippen LogP contribution in [0.4, 0.5) is 8.78 Å². The Bertz CT molecular complexity index is 855. The Morgan fingerprint density at radius 1 is 1.28 bits per heavy atom. The van der Waals surface area contributed by atoms with Gasteiger partial charge in [-0.2, -0.15) is 0 Å². The SMILES string of the molecule is CC1OC(=O)C(N)CCCC(Cc2ccc(F)cc2F)C1OC(=O)c1ccco1. The third-order valence-corrected chi connectivity index (χ3v) is 5.08. The lowest BCUT2D eigenvalue weighted by molar-refractivity contribution is -0.157. The molecule has 1 aliphatic rings. The van der Waals surface area contributed by atoms with Gasteiger partial charge in [0.2, 0.25) is 5.76 Å². The van der Waals surface area contributed by atoms with Crippen LogP contribution in [-0.2, 0) is 20.7 Å². The van der Waals surface area contributed by atoms with E-state index >= 15 is 0 Å². The third-order valence-electron chi connectivity index (χ3n) is 5.08. The Kier molecular flexibility index (Phi) is 6.64. The van der Waals surface area contributed by atoms with Gasteiger partial charge in [-0.1, -0.05) is 12.5 Å². The summed E-state index contributed by atoms with van der Waals surface area (Å²) in [4.78, 5) is 24.6. The second-order valence-corrected chi connectivity index (χ2v) is 7.23. The molecular weight excluding hydrogens is 384 g/mol. The minimum Gasteiger partial charge on any atom is -0.458 e. The molecular formula is C21H23F2NO5. The fourth-order valence-electron chi connectivity index (χ4n) is 3.56. The van der Waals surface area contributed by atoms with Crippen molar-refractivity contribution in [2.45, 2.75) is 50.9 Å². The summed E-state index contributed by atoms with van der Waals surface area (Å²) in [5.74, 6) is -3.01. The largest absolute Gasteiger partial charge is 0.458 e. The number of nitrogens with two attached hydrogens (primary N) is 1. The van der Waals surface area contributed by atoms with Crippen molar-refractivity contribution >= 4 is 11.9 Å². The number of hydrogen-bond donors (Lipinski definition) is 1. The molecule has 3 rings (SSSR count). The van der Waals surface area contributed by atoms with Crippen molar-refractivity contribution in [3.05, 3.63) is 59.6 Å². The normalized spacial score (nSPS) is 25.4. The highest BCUT2D eigenvalue weighted by atomic mass is 19.1. The standard InChI is InChI=1S/C21H23F2NO5/c1-12-19(29-21(26)18-6-3-9-27-18)14(4-2-5-17(24)20(25)28-12)10-13-7-8-15(22)11-16(13)23/h3,6-9,11-12,14,17,19H,2,4-5,10,24H2,1H3. The van der Waals surface area contributed by atoms with Crippen LogP contribution in [0.15, 0.2) is 41.0 Å². The van der Waals surface area contributed by atoms with Crippen LogP contribution in [-0.4, -0.2) is 30.2 Å². The molecule has 8 heteroatoms. The first-order valence-corrected chi connectivity index (χ1v) is 9.49. The van der Waals surface area contributed by atoms with Crippen molar-refractivity contribution in [1.82, 2.24) is 0 Å². The van der Waals surface area contributed by atoms with Crippen LogP contribution in [0.2, 0.25) is 0 Å². The maximum atomic E-state index is 14.2. The van der Waals surface area contributed by atoms with Gasteiger partial charge in [0.1, 0.15) is 29.9 Å². The maximum absolute atomic E-state index is 14.2. The summed E-state index contributed by atoms with van der Waals surface area (Å²) in [6.45, 7) is 1.60. The van der Waals surface area contributed by atoms with E-state index in [0.29, 0.717) is 19.3 Å². The van der Waals surface area contributed by atoms with E-state index in [2.05, 4.69) is 0 Å². The first-order valence-electron chi connectivity index (χ1n) is 9.49. The molecule has 1 fully saturated rings. The number of esters is 2. The Hall–Kier alpha value is -2.74. The lowest BCUT2D eigenvalue weighted by Gasteiger charge is -2.30. The number of carbonyl (C=O) groups excluding carboxylic acids is 2. The molecule has 1 saturated heterocycles. The maximum Gasteiger partial charge on any atom is 0.374 e. The van der Waals surface area contributed by atoms with E-state index in [1.807, 2.05) is 0 Å². The first-order chi connectivity index (χ1) is 13.8. The molecule has 1 aromatic heterocycles. The molecule has 2 aromatic rings. The van der Waals surface area contributed by atoms with Gasteiger partial charge < -0.3 is 19.6 Å². The molecule has 0 spiro atoms. The number of carbonyl (C=O) groups is 2. The summed E-state index contributed by atoms with van der Waals surface area (Å²) in [5.41, 5.74) is 6.13. The molecule has 2 N–H and O–H groups in total. The van der Waals surface area contributed by atoms with Crippen LogP contribution < -0.4 is 5.73 Å². The van der Waals surface area contributed by atoms with E-state index in [1.54, 1.807) is 13.0 Å². The van der Waals surface area contributed by atoms with E-state index in [4.69, 9.17) is 19.6 Å². The highest BCUT2D eigenvalue weighted by molar-refractivity contribution is 5.86. The van der Waals surface area contributed by atoms with Gasteiger partial charge in [0.15, 0.2) is 0 Å². The van der Waals surface area contributed by atoms with Crippen LogP contribution in [0.5, 0.6) is 0 Å². The molecule has 0 radical (unpaired) electrons. The summed E-state index contributed by atoms with van der Waals surface area (Å²) in [6.07, 6.45) is 1.33. The molecule has 2 heterocycles. The Labute approximate surface area is 167 Å². The van der Waals surface area contributed by atoms with Crippen LogP contribution in [0.1, 0.15) is 42.3 Å². The van der Waals surface area contributed by atoms with Gasteiger partial charge in [-0.15, -0.1) is 0 Å². The minimum atomic E-state index is -0.855. The quantitative estimate of drug-likeness (QED) is 0.782. The molecule has 6 nitrogen and oxygen atoms in total. The predicted octanol–water partition coefficient (Wildman–Crippen LogP) is 3.39. The van der Waals surface area contributed by atoms with Gasteiger partial charge in [0.05, 0.1) is 6.26 Å². The summed E-state index contributed by atoms with van der Waals surface area (Å²) in [6, 6.07) is 5.59. The number of halogens is 2. The van der Waals surface area contributed by atoms with Crippen LogP contribution in [0.3, 0.4) is 0 Å². The van der Waals surface area contributed by atoms with E-state index < -0.39 is 41.8 Å². The summed E-state index contributed by atoms with van der Waals surface area (Å²) in [7, 11) is 0. The molecule has 4 unspecified atom stereocenters. The van der Waals surface area contributed by atoms with Crippen molar-refractivity contribution in [2.24, 2.45) is 11.7 Å². The Morgan fingerprint density at radius 2 is 2.07 bits per heavy atom. The minimum absolute atomic E-state index is 0.00631. The lowest BCUT2D eigenvalue weighted by Crippen LogP contribution is -2.41. The number of furan rings is 1. The van der Waals surface area contributed by atoms with Gasteiger partial charge >= 0.3 is 11.9 Å². The molecule has 4 atom stereocenters. The number of ether oxygens (including phenoxy) is 2. The van der Waals surface area contributed by atoms with Crippen molar-refractivity contribution < 1.29 is 32.3 Å². The van der Waals surface area contributed by atoms with Crippen molar-refractivity contribution in [3.8, 4) is 0 Å². The van der Waals surface area contributed by atoms with E-state index in [9.17, 15) is 18.4 Å². The van der Waals surface area contributed by atoms with Gasteiger partial charge in [0, 0.05) is 12.0 Å². The first kappa shape index (κ1) is 21.0. The molecule has 156 valence electrons. The second-order valence-electron chi connectivity index (χ2n) is 7.23. The monoisotopic (exact) mass is 407 g/mol. The average molecular weight is 407 g/mol. The lowest BCUT2D eigenvalue weighted by atomic mass is 9.86. The highest BCUT2D eigenvalue weighted by Crippen LogP contribution is 2.29. The van der Waals surface area contributed by atoms with Crippen molar-refractivity contribution in [2.75, 3.05) is 0 Å². The number of benzene rings is 1. The third kappa shape index (κ3) is 5.20. The Balaban J connectivity index is 1.88. The summed E-state index contributed by atoms with van der Waals surface area (Å²) < 4.78 is 43.6. The zero-order valence-electron chi connectivity index (χ0n) is 16.0. The molecule has 1 aromatic carbocycles. The fraction of sp³-hybridized carbons (Fsp3) is 0.429.